The molecule has 0 spiro atoms. The van der Waals surface area contributed by atoms with Crippen LogP contribution in [0.25, 0.3) is 0 Å². The van der Waals surface area contributed by atoms with Crippen LogP contribution in [0, 0.1) is 12.8 Å². The summed E-state index contributed by atoms with van der Waals surface area (Å²) in [5, 5.41) is 6.76. The minimum Gasteiger partial charge on any atom is -0.337 e. The topological polar surface area (TPSA) is 88.3 Å². The van der Waals surface area contributed by atoms with Gasteiger partial charge in [-0.3, -0.25) is 9.69 Å². The summed E-state index contributed by atoms with van der Waals surface area (Å²) in [6, 6.07) is 7.56. The molecule has 138 valence electrons. The van der Waals surface area contributed by atoms with Crippen molar-refractivity contribution in [3.05, 3.63) is 47.1 Å². The minimum atomic E-state index is -0.880. The zero-order chi connectivity index (χ0) is 18.9. The van der Waals surface area contributed by atoms with Crippen LogP contribution in [0.1, 0.15) is 50.0 Å². The summed E-state index contributed by atoms with van der Waals surface area (Å²) in [5.74, 6) is 0.820. The zero-order valence-corrected chi connectivity index (χ0v) is 15.6. The molecular weight excluding hydrogens is 332 g/mol. The molecule has 1 fully saturated rings. The third-order valence-electron chi connectivity index (χ3n) is 4.57. The van der Waals surface area contributed by atoms with Crippen LogP contribution in [0.5, 0.6) is 0 Å². The lowest BCUT2D eigenvalue weighted by molar-refractivity contribution is -0.131. The first-order valence-corrected chi connectivity index (χ1v) is 8.78. The van der Waals surface area contributed by atoms with E-state index in [0.29, 0.717) is 18.7 Å². The van der Waals surface area contributed by atoms with Crippen molar-refractivity contribution in [2.45, 2.75) is 52.6 Å². The Morgan fingerprint density at radius 3 is 2.69 bits per heavy atom. The van der Waals surface area contributed by atoms with Gasteiger partial charge in [0, 0.05) is 6.42 Å². The first kappa shape index (κ1) is 18.1. The van der Waals surface area contributed by atoms with E-state index in [2.05, 4.69) is 15.5 Å². The SMILES string of the molecule is Cc1ccccc1Cc1noc(CN2C(=O)N[C@](C)(CC(C)C)C2=O)n1. The molecule has 0 unspecified atom stereocenters. The van der Waals surface area contributed by atoms with E-state index >= 15 is 0 Å². The van der Waals surface area contributed by atoms with E-state index in [4.69, 9.17) is 4.52 Å². The molecule has 1 atom stereocenters. The number of carbonyl (C=O) groups is 2. The smallest absolute Gasteiger partial charge is 0.325 e. The van der Waals surface area contributed by atoms with Crippen molar-refractivity contribution < 1.29 is 14.1 Å². The second-order valence-electron chi connectivity index (χ2n) is 7.46. The summed E-state index contributed by atoms with van der Waals surface area (Å²) in [4.78, 5) is 30.4. The summed E-state index contributed by atoms with van der Waals surface area (Å²) >= 11 is 0. The van der Waals surface area contributed by atoms with Gasteiger partial charge in [0.15, 0.2) is 5.82 Å². The number of nitrogens with zero attached hydrogens (tertiary/aromatic N) is 3. The van der Waals surface area contributed by atoms with Gasteiger partial charge in [-0.25, -0.2) is 4.79 Å². The monoisotopic (exact) mass is 356 g/mol. The van der Waals surface area contributed by atoms with Crippen LogP contribution in [-0.2, 0) is 17.8 Å². The molecule has 3 rings (SSSR count). The van der Waals surface area contributed by atoms with E-state index in [1.54, 1.807) is 6.92 Å². The molecule has 1 aliphatic rings. The summed E-state index contributed by atoms with van der Waals surface area (Å²) in [7, 11) is 0. The van der Waals surface area contributed by atoms with Crippen LogP contribution >= 0.6 is 0 Å². The third kappa shape index (κ3) is 3.61. The lowest BCUT2D eigenvalue weighted by Crippen LogP contribution is -2.44. The largest absolute Gasteiger partial charge is 0.337 e. The van der Waals surface area contributed by atoms with Gasteiger partial charge in [-0.2, -0.15) is 4.98 Å². The molecule has 1 aromatic heterocycles. The highest BCUT2D eigenvalue weighted by molar-refractivity contribution is 6.06. The maximum Gasteiger partial charge on any atom is 0.325 e. The van der Waals surface area contributed by atoms with Crippen molar-refractivity contribution in [2.75, 3.05) is 0 Å². The number of aromatic nitrogens is 2. The Hall–Kier alpha value is -2.70. The zero-order valence-electron chi connectivity index (χ0n) is 15.6. The molecule has 7 nitrogen and oxygen atoms in total. The summed E-state index contributed by atoms with van der Waals surface area (Å²) < 4.78 is 5.25. The van der Waals surface area contributed by atoms with Crippen molar-refractivity contribution in [3.63, 3.8) is 0 Å². The number of nitrogens with one attached hydrogen (secondary N) is 1. The Labute approximate surface area is 152 Å². The lowest BCUT2D eigenvalue weighted by Gasteiger charge is -2.23. The first-order valence-electron chi connectivity index (χ1n) is 8.78. The Kier molecular flexibility index (Phi) is 4.80. The summed E-state index contributed by atoms with van der Waals surface area (Å²) in [6.45, 7) is 7.80. The maximum absolute atomic E-state index is 12.7. The predicted octanol–water partition coefficient (Wildman–Crippen LogP) is 2.83. The van der Waals surface area contributed by atoms with Crippen LogP contribution in [0.4, 0.5) is 4.79 Å². The number of aryl methyl sites for hydroxylation is 1. The molecule has 26 heavy (non-hydrogen) atoms. The van der Waals surface area contributed by atoms with Gasteiger partial charge in [0.25, 0.3) is 5.91 Å². The van der Waals surface area contributed by atoms with E-state index in [0.717, 1.165) is 16.0 Å². The van der Waals surface area contributed by atoms with Gasteiger partial charge in [0.2, 0.25) is 5.89 Å². The van der Waals surface area contributed by atoms with Gasteiger partial charge < -0.3 is 9.84 Å². The minimum absolute atomic E-state index is 0.0148. The van der Waals surface area contributed by atoms with Crippen molar-refractivity contribution in [2.24, 2.45) is 5.92 Å². The number of hydrogen-bond acceptors (Lipinski definition) is 5. The molecule has 1 aromatic carbocycles. The molecule has 7 heteroatoms. The van der Waals surface area contributed by atoms with E-state index in [1.807, 2.05) is 45.0 Å². The van der Waals surface area contributed by atoms with E-state index in [1.165, 1.54) is 0 Å². The average Bonchev–Trinajstić information content (AvgIpc) is 3.07. The Balaban J connectivity index is 1.70. The van der Waals surface area contributed by atoms with Gasteiger partial charge in [-0.1, -0.05) is 43.3 Å². The fourth-order valence-corrected chi connectivity index (χ4v) is 3.39. The van der Waals surface area contributed by atoms with Gasteiger partial charge >= 0.3 is 6.03 Å². The number of imide groups is 1. The van der Waals surface area contributed by atoms with Crippen LogP contribution in [0.2, 0.25) is 0 Å². The number of amides is 3. The number of hydrogen-bond donors (Lipinski definition) is 1. The van der Waals surface area contributed by atoms with Gasteiger partial charge in [0.1, 0.15) is 12.1 Å². The molecule has 2 heterocycles. The van der Waals surface area contributed by atoms with Crippen molar-refractivity contribution >= 4 is 11.9 Å². The van der Waals surface area contributed by atoms with Gasteiger partial charge in [-0.05, 0) is 37.3 Å². The predicted molar refractivity (Wildman–Crippen MR) is 95.2 cm³/mol. The summed E-state index contributed by atoms with van der Waals surface area (Å²) in [5.41, 5.74) is 1.38. The van der Waals surface area contributed by atoms with Crippen molar-refractivity contribution in [3.8, 4) is 0 Å². The highest BCUT2D eigenvalue weighted by Crippen LogP contribution is 2.26. The summed E-state index contributed by atoms with van der Waals surface area (Å²) in [6.07, 6.45) is 1.12. The number of rotatable bonds is 6. The fraction of sp³-hybridized carbons (Fsp3) is 0.474. The molecule has 1 aliphatic heterocycles. The molecule has 0 bridgehead atoms. The van der Waals surface area contributed by atoms with Crippen molar-refractivity contribution in [1.82, 2.24) is 20.4 Å². The van der Waals surface area contributed by atoms with Crippen LogP contribution in [0.3, 0.4) is 0 Å². The molecule has 2 aromatic rings. The van der Waals surface area contributed by atoms with Gasteiger partial charge in [-0.15, -0.1) is 0 Å². The Bertz CT molecular complexity index is 830. The molecule has 1 N–H and O–H groups in total. The quantitative estimate of drug-likeness (QED) is 0.804. The van der Waals surface area contributed by atoms with E-state index in [9.17, 15) is 9.59 Å². The van der Waals surface area contributed by atoms with Crippen LogP contribution in [0.15, 0.2) is 28.8 Å². The molecule has 0 radical (unpaired) electrons. The molecule has 0 aliphatic carbocycles. The highest BCUT2D eigenvalue weighted by Gasteiger charge is 2.48. The van der Waals surface area contributed by atoms with Crippen molar-refractivity contribution in [1.29, 1.82) is 0 Å². The fourth-order valence-electron chi connectivity index (χ4n) is 3.39. The second kappa shape index (κ2) is 6.90. The van der Waals surface area contributed by atoms with E-state index in [-0.39, 0.29) is 24.3 Å². The molecule has 0 saturated carbocycles. The second-order valence-corrected chi connectivity index (χ2v) is 7.46. The third-order valence-corrected chi connectivity index (χ3v) is 4.57. The number of urea groups is 1. The van der Waals surface area contributed by atoms with Gasteiger partial charge in [0.05, 0.1) is 0 Å². The molecule has 3 amide bonds. The lowest BCUT2D eigenvalue weighted by atomic mass is 9.91. The van der Waals surface area contributed by atoms with E-state index < -0.39 is 11.6 Å². The first-order chi connectivity index (χ1) is 12.3. The standard InChI is InChI=1S/C19H24N4O3/c1-12(2)10-19(4)17(24)23(18(25)21-19)11-16-20-15(22-26-16)9-14-8-6-5-7-13(14)3/h5-8,12H,9-11H2,1-4H3,(H,21,25)/t19-/m1/s1. The van der Waals surface area contributed by atoms with Crippen LogP contribution < -0.4 is 5.32 Å². The number of carbonyl (C=O) groups excluding carboxylic acids is 2. The highest BCUT2D eigenvalue weighted by atomic mass is 16.5. The maximum atomic E-state index is 12.7. The normalized spacial score (nSPS) is 20.1. The molecule has 1 saturated heterocycles. The van der Waals surface area contributed by atoms with Crippen LogP contribution in [-0.4, -0.2) is 32.5 Å². The number of benzene rings is 1. The average molecular weight is 356 g/mol. The Morgan fingerprint density at radius 1 is 1.27 bits per heavy atom. The Morgan fingerprint density at radius 2 is 2.00 bits per heavy atom. The molecular formula is C19H24N4O3.